The highest BCUT2D eigenvalue weighted by molar-refractivity contribution is 5.22. The fourth-order valence-electron chi connectivity index (χ4n) is 5.62. The van der Waals surface area contributed by atoms with Crippen molar-refractivity contribution in [2.24, 2.45) is 23.5 Å². The standard InChI is InChI=1S/C17H27N3O/c1-21-3-2-14(18)16-19-10-15(20-16)17-7-11-4-12(8-17)6-13(5-11)9-17/h10-14H,2-9,18H2,1H3,(H,19,20). The van der Waals surface area contributed by atoms with Crippen LogP contribution < -0.4 is 5.73 Å². The summed E-state index contributed by atoms with van der Waals surface area (Å²) >= 11 is 0. The van der Waals surface area contributed by atoms with Gasteiger partial charge in [-0.05, 0) is 62.7 Å². The lowest BCUT2D eigenvalue weighted by Gasteiger charge is -2.56. The molecule has 1 heterocycles. The minimum absolute atomic E-state index is 0.0346. The molecule has 1 aromatic rings. The molecule has 1 unspecified atom stereocenters. The van der Waals surface area contributed by atoms with Gasteiger partial charge in [-0.15, -0.1) is 0 Å². The molecule has 4 fully saturated rings. The third-order valence-corrected chi connectivity index (χ3v) is 6.19. The summed E-state index contributed by atoms with van der Waals surface area (Å²) in [5, 5.41) is 0. The SMILES string of the molecule is COCCC(N)c1ncc(C23CC4CC(CC(C4)C2)C3)[nH]1. The summed E-state index contributed by atoms with van der Waals surface area (Å²) in [6, 6.07) is -0.0346. The fraction of sp³-hybridized carbons (Fsp3) is 0.824. The number of rotatable bonds is 5. The van der Waals surface area contributed by atoms with Crippen LogP contribution in [0.15, 0.2) is 6.20 Å². The summed E-state index contributed by atoms with van der Waals surface area (Å²) in [6.07, 6.45) is 11.4. The van der Waals surface area contributed by atoms with E-state index < -0.39 is 0 Å². The summed E-state index contributed by atoms with van der Waals surface area (Å²) in [5.74, 6) is 3.83. The molecule has 21 heavy (non-hydrogen) atoms. The number of hydrogen-bond donors (Lipinski definition) is 2. The lowest BCUT2D eigenvalue weighted by Crippen LogP contribution is -2.48. The normalized spacial score (nSPS) is 38.9. The maximum atomic E-state index is 6.21. The third kappa shape index (κ3) is 2.33. The Bertz CT molecular complexity index is 475. The van der Waals surface area contributed by atoms with E-state index >= 15 is 0 Å². The zero-order valence-corrected chi connectivity index (χ0v) is 13.0. The Hall–Kier alpha value is -0.870. The molecule has 0 amide bonds. The smallest absolute Gasteiger partial charge is 0.123 e. The van der Waals surface area contributed by atoms with Crippen molar-refractivity contribution in [3.8, 4) is 0 Å². The molecule has 4 aliphatic rings. The largest absolute Gasteiger partial charge is 0.385 e. The molecule has 0 aromatic carbocycles. The Kier molecular flexibility index (Phi) is 3.34. The number of hydrogen-bond acceptors (Lipinski definition) is 3. The predicted molar refractivity (Wildman–Crippen MR) is 81.9 cm³/mol. The van der Waals surface area contributed by atoms with Gasteiger partial charge in [-0.25, -0.2) is 4.98 Å². The second-order valence-electron chi connectivity index (χ2n) is 7.77. The molecule has 4 bridgehead atoms. The van der Waals surface area contributed by atoms with E-state index in [0.717, 1.165) is 30.0 Å². The number of nitrogens with zero attached hydrogens (tertiary/aromatic N) is 1. The van der Waals surface area contributed by atoms with E-state index in [1.165, 1.54) is 44.2 Å². The fourth-order valence-corrected chi connectivity index (χ4v) is 5.62. The summed E-state index contributed by atoms with van der Waals surface area (Å²) < 4.78 is 5.12. The van der Waals surface area contributed by atoms with Gasteiger partial charge in [0.2, 0.25) is 0 Å². The van der Waals surface area contributed by atoms with Gasteiger partial charge in [-0.1, -0.05) is 0 Å². The molecule has 0 aliphatic heterocycles. The van der Waals surface area contributed by atoms with Gasteiger partial charge in [0.05, 0.1) is 6.04 Å². The van der Waals surface area contributed by atoms with Crippen molar-refractivity contribution in [3.63, 3.8) is 0 Å². The lowest BCUT2D eigenvalue weighted by atomic mass is 9.49. The van der Waals surface area contributed by atoms with Crippen molar-refractivity contribution in [3.05, 3.63) is 17.7 Å². The van der Waals surface area contributed by atoms with Crippen LogP contribution in [0.4, 0.5) is 0 Å². The van der Waals surface area contributed by atoms with E-state index in [4.69, 9.17) is 10.5 Å². The second-order valence-corrected chi connectivity index (χ2v) is 7.77. The molecule has 1 atom stereocenters. The Balaban J connectivity index is 1.55. The molecule has 116 valence electrons. The number of nitrogens with one attached hydrogen (secondary N) is 1. The highest BCUT2D eigenvalue weighted by Crippen LogP contribution is 2.60. The Morgan fingerprint density at radius 1 is 1.29 bits per heavy atom. The van der Waals surface area contributed by atoms with Crippen LogP contribution in [0, 0.1) is 17.8 Å². The van der Waals surface area contributed by atoms with Gasteiger partial charge in [-0.3, -0.25) is 0 Å². The van der Waals surface area contributed by atoms with Crippen molar-refractivity contribution >= 4 is 0 Å². The molecule has 0 radical (unpaired) electrons. The first-order valence-corrected chi connectivity index (χ1v) is 8.48. The van der Waals surface area contributed by atoms with Gasteiger partial charge in [0.15, 0.2) is 0 Å². The molecule has 4 aliphatic carbocycles. The zero-order valence-electron chi connectivity index (χ0n) is 13.0. The number of nitrogens with two attached hydrogens (primary N) is 1. The molecule has 5 rings (SSSR count). The molecule has 4 saturated carbocycles. The zero-order chi connectivity index (χ0) is 14.4. The average molecular weight is 289 g/mol. The van der Waals surface area contributed by atoms with Crippen LogP contribution in [0.1, 0.15) is 62.5 Å². The number of aromatic amines is 1. The Labute approximate surface area is 126 Å². The number of methoxy groups -OCH3 is 1. The van der Waals surface area contributed by atoms with Crippen molar-refractivity contribution in [2.45, 2.75) is 56.4 Å². The van der Waals surface area contributed by atoms with Gasteiger partial charge >= 0.3 is 0 Å². The maximum Gasteiger partial charge on any atom is 0.123 e. The van der Waals surface area contributed by atoms with Crippen LogP contribution in [-0.4, -0.2) is 23.7 Å². The number of H-pyrrole nitrogens is 1. The molecule has 3 N–H and O–H groups in total. The van der Waals surface area contributed by atoms with Crippen LogP contribution in [-0.2, 0) is 10.2 Å². The quantitative estimate of drug-likeness (QED) is 0.876. The van der Waals surface area contributed by atoms with Gasteiger partial charge < -0.3 is 15.5 Å². The molecular weight excluding hydrogens is 262 g/mol. The van der Waals surface area contributed by atoms with Crippen LogP contribution in [0.2, 0.25) is 0 Å². The second kappa shape index (κ2) is 5.10. The third-order valence-electron chi connectivity index (χ3n) is 6.19. The topological polar surface area (TPSA) is 63.9 Å². The molecule has 1 aromatic heterocycles. The highest BCUT2D eigenvalue weighted by Gasteiger charge is 2.52. The summed E-state index contributed by atoms with van der Waals surface area (Å²) in [6.45, 7) is 0.689. The molecular formula is C17H27N3O. The van der Waals surface area contributed by atoms with E-state index in [1.807, 2.05) is 0 Å². The minimum atomic E-state index is -0.0346. The number of imidazole rings is 1. The minimum Gasteiger partial charge on any atom is -0.385 e. The van der Waals surface area contributed by atoms with Crippen molar-refractivity contribution in [1.82, 2.24) is 9.97 Å². The van der Waals surface area contributed by atoms with E-state index in [-0.39, 0.29) is 6.04 Å². The van der Waals surface area contributed by atoms with E-state index in [2.05, 4.69) is 16.2 Å². The van der Waals surface area contributed by atoms with Crippen molar-refractivity contribution in [2.75, 3.05) is 13.7 Å². The highest BCUT2D eigenvalue weighted by atomic mass is 16.5. The van der Waals surface area contributed by atoms with E-state index in [9.17, 15) is 0 Å². The summed E-state index contributed by atoms with van der Waals surface area (Å²) in [5.41, 5.74) is 7.97. The van der Waals surface area contributed by atoms with Crippen LogP contribution in [0.3, 0.4) is 0 Å². The molecule has 0 saturated heterocycles. The Morgan fingerprint density at radius 2 is 1.90 bits per heavy atom. The van der Waals surface area contributed by atoms with Crippen molar-refractivity contribution in [1.29, 1.82) is 0 Å². The Morgan fingerprint density at radius 3 is 2.48 bits per heavy atom. The van der Waals surface area contributed by atoms with E-state index in [1.54, 1.807) is 7.11 Å². The molecule has 4 nitrogen and oxygen atoms in total. The van der Waals surface area contributed by atoms with E-state index in [0.29, 0.717) is 12.0 Å². The summed E-state index contributed by atoms with van der Waals surface area (Å²) in [4.78, 5) is 8.18. The molecule has 0 spiro atoms. The van der Waals surface area contributed by atoms with Crippen LogP contribution in [0.5, 0.6) is 0 Å². The van der Waals surface area contributed by atoms with Crippen LogP contribution >= 0.6 is 0 Å². The van der Waals surface area contributed by atoms with Gasteiger partial charge in [0.1, 0.15) is 5.82 Å². The van der Waals surface area contributed by atoms with Crippen LogP contribution in [0.25, 0.3) is 0 Å². The monoisotopic (exact) mass is 289 g/mol. The van der Waals surface area contributed by atoms with Gasteiger partial charge in [-0.2, -0.15) is 0 Å². The summed E-state index contributed by atoms with van der Waals surface area (Å²) in [7, 11) is 1.72. The first-order chi connectivity index (χ1) is 10.2. The lowest BCUT2D eigenvalue weighted by molar-refractivity contribution is -0.00707. The van der Waals surface area contributed by atoms with Gasteiger partial charge in [0.25, 0.3) is 0 Å². The van der Waals surface area contributed by atoms with Crippen molar-refractivity contribution < 1.29 is 4.74 Å². The maximum absolute atomic E-state index is 6.21. The molecule has 4 heteroatoms. The average Bonchev–Trinajstić information content (AvgIpc) is 2.94. The first-order valence-electron chi connectivity index (χ1n) is 8.48. The van der Waals surface area contributed by atoms with Gasteiger partial charge in [0, 0.05) is 31.0 Å². The number of ether oxygens (including phenoxy) is 1. The first kappa shape index (κ1) is 13.8. The number of aromatic nitrogens is 2. The predicted octanol–water partition coefficient (Wildman–Crippen LogP) is 2.91.